The van der Waals surface area contributed by atoms with Crippen molar-refractivity contribution in [2.75, 3.05) is 16.4 Å². The summed E-state index contributed by atoms with van der Waals surface area (Å²) in [6.45, 7) is 3.40. The van der Waals surface area contributed by atoms with Crippen molar-refractivity contribution in [2.45, 2.75) is 25.1 Å². The van der Waals surface area contributed by atoms with E-state index in [1.54, 1.807) is 0 Å². The standard InChI is InChI=1S/C14H16N2O3S2/c1-9-3-5-11(6-4-9)16-12-7-21(18,19)8-13(12)20-14(16)15-10(2)17/h3-6,12-13H,7-8H2,1-2H3/t12-,13-/m0/s1. The van der Waals surface area contributed by atoms with Crippen molar-refractivity contribution in [3.63, 3.8) is 0 Å². The summed E-state index contributed by atoms with van der Waals surface area (Å²) < 4.78 is 23.7. The van der Waals surface area contributed by atoms with Crippen molar-refractivity contribution in [1.82, 2.24) is 0 Å². The van der Waals surface area contributed by atoms with Gasteiger partial charge in [0.2, 0.25) is 5.91 Å². The zero-order chi connectivity index (χ0) is 15.2. The Balaban J connectivity index is 2.02. The minimum absolute atomic E-state index is 0.0468. The van der Waals surface area contributed by atoms with E-state index in [0.29, 0.717) is 5.17 Å². The average molecular weight is 324 g/mol. The number of nitrogens with zero attached hydrogens (tertiary/aromatic N) is 2. The molecule has 0 radical (unpaired) electrons. The Morgan fingerprint density at radius 3 is 2.57 bits per heavy atom. The summed E-state index contributed by atoms with van der Waals surface area (Å²) in [6.07, 6.45) is 0. The third-order valence-corrected chi connectivity index (χ3v) is 6.84. The highest BCUT2D eigenvalue weighted by Crippen LogP contribution is 2.40. The van der Waals surface area contributed by atoms with E-state index >= 15 is 0 Å². The summed E-state index contributed by atoms with van der Waals surface area (Å²) in [5.41, 5.74) is 2.02. The van der Waals surface area contributed by atoms with Gasteiger partial charge in [-0.25, -0.2) is 8.42 Å². The van der Waals surface area contributed by atoms with Gasteiger partial charge in [-0.2, -0.15) is 4.99 Å². The van der Waals surface area contributed by atoms with Gasteiger partial charge in [0.25, 0.3) is 0 Å². The van der Waals surface area contributed by atoms with Crippen molar-refractivity contribution >= 4 is 38.4 Å². The van der Waals surface area contributed by atoms with Crippen LogP contribution in [0.25, 0.3) is 0 Å². The second-order valence-corrected chi connectivity index (χ2v) is 8.78. The Labute approximate surface area is 128 Å². The molecule has 2 heterocycles. The summed E-state index contributed by atoms with van der Waals surface area (Å²) in [7, 11) is -3.01. The number of carbonyl (C=O) groups excluding carboxylic acids is 1. The van der Waals surface area contributed by atoms with Gasteiger partial charge in [-0.05, 0) is 19.1 Å². The number of carbonyl (C=O) groups is 1. The maximum atomic E-state index is 11.9. The van der Waals surface area contributed by atoms with E-state index in [4.69, 9.17) is 0 Å². The number of aryl methyl sites for hydroxylation is 1. The number of hydrogen-bond donors (Lipinski definition) is 0. The molecule has 2 aliphatic rings. The van der Waals surface area contributed by atoms with Crippen molar-refractivity contribution in [3.05, 3.63) is 29.8 Å². The molecule has 112 valence electrons. The monoisotopic (exact) mass is 324 g/mol. The number of amides is 1. The SMILES string of the molecule is CC(=O)N=C1S[C@H]2CS(=O)(=O)C[C@@H]2N1c1ccc(C)cc1. The molecule has 21 heavy (non-hydrogen) atoms. The van der Waals surface area contributed by atoms with Crippen LogP contribution < -0.4 is 4.90 Å². The molecule has 1 aromatic carbocycles. The summed E-state index contributed by atoms with van der Waals surface area (Å²) >= 11 is 1.39. The lowest BCUT2D eigenvalue weighted by molar-refractivity contribution is -0.115. The summed E-state index contributed by atoms with van der Waals surface area (Å²) in [6, 6.07) is 7.70. The molecule has 2 saturated heterocycles. The topological polar surface area (TPSA) is 66.8 Å². The number of benzene rings is 1. The van der Waals surface area contributed by atoms with Gasteiger partial charge in [0, 0.05) is 17.9 Å². The first kappa shape index (κ1) is 14.6. The molecule has 0 spiro atoms. The molecular formula is C14H16N2O3S2. The lowest BCUT2D eigenvalue weighted by Gasteiger charge is -2.24. The molecule has 1 aromatic rings. The van der Waals surface area contributed by atoms with E-state index in [-0.39, 0.29) is 28.7 Å². The molecule has 0 bridgehead atoms. The van der Waals surface area contributed by atoms with E-state index in [1.165, 1.54) is 18.7 Å². The predicted octanol–water partition coefficient (Wildman–Crippen LogP) is 1.62. The second kappa shape index (κ2) is 5.14. The molecule has 7 heteroatoms. The Hall–Kier alpha value is -1.34. The lowest BCUT2D eigenvalue weighted by Crippen LogP contribution is -2.37. The van der Waals surface area contributed by atoms with Crippen LogP contribution in [0, 0.1) is 6.92 Å². The fourth-order valence-electron chi connectivity index (χ4n) is 2.71. The molecule has 0 N–H and O–H groups in total. The maximum absolute atomic E-state index is 11.9. The third kappa shape index (κ3) is 2.85. The van der Waals surface area contributed by atoms with Crippen LogP contribution in [0.15, 0.2) is 29.3 Å². The quantitative estimate of drug-likeness (QED) is 0.785. The number of fused-ring (bicyclic) bond motifs is 1. The average Bonchev–Trinajstić information content (AvgIpc) is 2.81. The molecule has 2 aliphatic heterocycles. The van der Waals surface area contributed by atoms with Gasteiger partial charge in [0.15, 0.2) is 15.0 Å². The van der Waals surface area contributed by atoms with Crippen molar-refractivity contribution in [1.29, 1.82) is 0 Å². The Morgan fingerprint density at radius 1 is 1.29 bits per heavy atom. The summed E-state index contributed by atoms with van der Waals surface area (Å²) in [4.78, 5) is 17.3. The lowest BCUT2D eigenvalue weighted by atomic mass is 10.1. The summed E-state index contributed by atoms with van der Waals surface area (Å²) in [5, 5.41) is 0.561. The fraction of sp³-hybridized carbons (Fsp3) is 0.429. The first-order valence-corrected chi connectivity index (χ1v) is 9.38. The van der Waals surface area contributed by atoms with Gasteiger partial charge < -0.3 is 4.90 Å². The smallest absolute Gasteiger partial charge is 0.244 e. The van der Waals surface area contributed by atoms with Crippen LogP contribution in [0.3, 0.4) is 0 Å². The van der Waals surface area contributed by atoms with Crippen LogP contribution in [0.2, 0.25) is 0 Å². The molecule has 3 rings (SSSR count). The van der Waals surface area contributed by atoms with Crippen LogP contribution >= 0.6 is 11.8 Å². The number of aliphatic imine (C=N–C) groups is 1. The van der Waals surface area contributed by atoms with Gasteiger partial charge in [0.1, 0.15) is 0 Å². The number of thioether (sulfide) groups is 1. The Kier molecular flexibility index (Phi) is 3.57. The molecule has 2 atom stereocenters. The van der Waals surface area contributed by atoms with Crippen LogP contribution in [0.1, 0.15) is 12.5 Å². The number of amidine groups is 1. The maximum Gasteiger partial charge on any atom is 0.244 e. The normalized spacial score (nSPS) is 28.9. The molecule has 0 saturated carbocycles. The van der Waals surface area contributed by atoms with E-state index < -0.39 is 9.84 Å². The second-order valence-electron chi connectivity index (χ2n) is 5.42. The van der Waals surface area contributed by atoms with Crippen molar-refractivity contribution < 1.29 is 13.2 Å². The first-order chi connectivity index (χ1) is 9.85. The van der Waals surface area contributed by atoms with Crippen molar-refractivity contribution in [2.24, 2.45) is 4.99 Å². The molecule has 2 fully saturated rings. The minimum atomic E-state index is -3.01. The highest BCUT2D eigenvalue weighted by molar-refractivity contribution is 8.16. The molecule has 5 nitrogen and oxygen atoms in total. The van der Waals surface area contributed by atoms with Gasteiger partial charge >= 0.3 is 0 Å². The van der Waals surface area contributed by atoms with Gasteiger partial charge in [-0.15, -0.1) is 0 Å². The molecule has 0 aliphatic carbocycles. The predicted molar refractivity (Wildman–Crippen MR) is 85.6 cm³/mol. The molecule has 0 aromatic heterocycles. The van der Waals surface area contributed by atoms with E-state index in [0.717, 1.165) is 11.3 Å². The van der Waals surface area contributed by atoms with Crippen LogP contribution in [-0.2, 0) is 14.6 Å². The fourth-order valence-corrected chi connectivity index (χ4v) is 6.66. The highest BCUT2D eigenvalue weighted by Gasteiger charge is 2.49. The van der Waals surface area contributed by atoms with E-state index in [9.17, 15) is 13.2 Å². The molecule has 1 amide bonds. The van der Waals surface area contributed by atoms with Crippen LogP contribution in [0.4, 0.5) is 5.69 Å². The van der Waals surface area contributed by atoms with Crippen LogP contribution in [0.5, 0.6) is 0 Å². The number of sulfone groups is 1. The van der Waals surface area contributed by atoms with Crippen LogP contribution in [-0.4, -0.2) is 42.3 Å². The van der Waals surface area contributed by atoms with Crippen molar-refractivity contribution in [3.8, 4) is 0 Å². The third-order valence-electron chi connectivity index (χ3n) is 3.63. The zero-order valence-corrected chi connectivity index (χ0v) is 13.4. The van der Waals surface area contributed by atoms with Gasteiger partial charge in [0.05, 0.1) is 17.5 Å². The Morgan fingerprint density at radius 2 is 1.95 bits per heavy atom. The summed E-state index contributed by atoms with van der Waals surface area (Å²) in [5.74, 6) is 0.00863. The minimum Gasteiger partial charge on any atom is -0.316 e. The number of rotatable bonds is 1. The molecular weight excluding hydrogens is 308 g/mol. The van der Waals surface area contributed by atoms with E-state index in [1.807, 2.05) is 36.1 Å². The Bertz CT molecular complexity index is 710. The number of hydrogen-bond acceptors (Lipinski definition) is 4. The van der Waals surface area contributed by atoms with E-state index in [2.05, 4.69) is 4.99 Å². The molecule has 0 unspecified atom stereocenters. The van der Waals surface area contributed by atoms with Gasteiger partial charge in [-0.3, -0.25) is 4.79 Å². The number of anilines is 1. The highest BCUT2D eigenvalue weighted by atomic mass is 32.2. The zero-order valence-electron chi connectivity index (χ0n) is 11.8. The largest absolute Gasteiger partial charge is 0.316 e. The van der Waals surface area contributed by atoms with Gasteiger partial charge in [-0.1, -0.05) is 29.5 Å². The first-order valence-electron chi connectivity index (χ1n) is 6.68.